The molecule has 0 fully saturated rings. The number of rotatable bonds is 4. The Bertz CT molecular complexity index is 2640. The van der Waals surface area contributed by atoms with Gasteiger partial charge in [0.25, 0.3) is 0 Å². The SMILES string of the molecule is CN(c1ccc2c(c1)sc1cccc(-c3cccc4c3Cc3ccccc3-4)c12)c1ccccc1-c1ccc2c(c1)-c1ccccc1C2(C)C. The maximum atomic E-state index is 2.41. The average Bonchev–Trinajstić information content (AvgIpc) is 3.79. The summed E-state index contributed by atoms with van der Waals surface area (Å²) in [5, 5.41) is 2.69. The van der Waals surface area contributed by atoms with Crippen molar-refractivity contribution in [1.29, 1.82) is 0 Å². The Morgan fingerprint density at radius 1 is 0.531 bits per heavy atom. The second-order valence-electron chi connectivity index (χ2n) is 14.1. The van der Waals surface area contributed by atoms with Gasteiger partial charge in [-0.15, -0.1) is 11.3 Å². The highest BCUT2D eigenvalue weighted by Crippen LogP contribution is 2.51. The summed E-state index contributed by atoms with van der Waals surface area (Å²) < 4.78 is 2.65. The van der Waals surface area contributed by atoms with Crippen molar-refractivity contribution in [2.24, 2.45) is 0 Å². The highest BCUT2D eigenvalue weighted by Gasteiger charge is 2.35. The Kier molecular flexibility index (Phi) is 6.14. The van der Waals surface area contributed by atoms with E-state index in [0.717, 1.165) is 6.42 Å². The summed E-state index contributed by atoms with van der Waals surface area (Å²) in [5.41, 5.74) is 18.7. The lowest BCUT2D eigenvalue weighted by atomic mass is 9.82. The predicted molar refractivity (Wildman–Crippen MR) is 211 cm³/mol. The highest BCUT2D eigenvalue weighted by atomic mass is 32.1. The number of hydrogen-bond acceptors (Lipinski definition) is 2. The lowest BCUT2D eigenvalue weighted by molar-refractivity contribution is 0.660. The number of hydrogen-bond donors (Lipinski definition) is 0. The molecule has 0 atom stereocenters. The van der Waals surface area contributed by atoms with Crippen LogP contribution in [0.3, 0.4) is 0 Å². The van der Waals surface area contributed by atoms with E-state index in [0.29, 0.717) is 0 Å². The van der Waals surface area contributed by atoms with Crippen LogP contribution in [0, 0.1) is 0 Å². The van der Waals surface area contributed by atoms with Gasteiger partial charge in [0.15, 0.2) is 0 Å². The van der Waals surface area contributed by atoms with E-state index in [1.54, 1.807) is 0 Å². The van der Waals surface area contributed by atoms with Gasteiger partial charge < -0.3 is 4.90 Å². The van der Waals surface area contributed by atoms with Crippen LogP contribution in [0.15, 0.2) is 146 Å². The first-order valence-corrected chi connectivity index (χ1v) is 18.0. The molecule has 234 valence electrons. The maximum Gasteiger partial charge on any atom is 0.0487 e. The number of anilines is 2. The quantitative estimate of drug-likeness (QED) is 0.184. The molecular formula is C47H35NS. The van der Waals surface area contributed by atoms with Crippen molar-refractivity contribution in [3.05, 3.63) is 168 Å². The molecule has 0 radical (unpaired) electrons. The number of fused-ring (bicyclic) bond motifs is 9. The molecule has 7 aromatic carbocycles. The smallest absolute Gasteiger partial charge is 0.0487 e. The molecule has 0 amide bonds. The molecule has 0 saturated heterocycles. The van der Waals surface area contributed by atoms with Gasteiger partial charge in [0.2, 0.25) is 0 Å². The molecule has 1 heterocycles. The molecule has 49 heavy (non-hydrogen) atoms. The minimum atomic E-state index is 0.00580. The van der Waals surface area contributed by atoms with Gasteiger partial charge in [0.05, 0.1) is 0 Å². The van der Waals surface area contributed by atoms with Gasteiger partial charge in [0.1, 0.15) is 0 Å². The monoisotopic (exact) mass is 645 g/mol. The van der Waals surface area contributed by atoms with E-state index in [1.807, 2.05) is 11.3 Å². The Morgan fingerprint density at radius 2 is 1.20 bits per heavy atom. The molecule has 2 heteroatoms. The molecule has 0 N–H and O–H groups in total. The van der Waals surface area contributed by atoms with Gasteiger partial charge in [0, 0.05) is 49.6 Å². The van der Waals surface area contributed by atoms with E-state index in [-0.39, 0.29) is 5.41 Å². The summed E-state index contributed by atoms with van der Waals surface area (Å²) >= 11 is 1.90. The van der Waals surface area contributed by atoms with E-state index in [4.69, 9.17) is 0 Å². The maximum absolute atomic E-state index is 2.41. The second kappa shape index (κ2) is 10.5. The Hall–Kier alpha value is -5.44. The minimum absolute atomic E-state index is 0.00580. The summed E-state index contributed by atoms with van der Waals surface area (Å²) in [7, 11) is 2.20. The first-order chi connectivity index (χ1) is 24.0. The summed E-state index contributed by atoms with van der Waals surface area (Å²) in [4.78, 5) is 2.35. The van der Waals surface area contributed by atoms with Crippen LogP contribution < -0.4 is 4.90 Å². The first-order valence-electron chi connectivity index (χ1n) is 17.2. The first kappa shape index (κ1) is 28.6. The molecule has 0 bridgehead atoms. The summed E-state index contributed by atoms with van der Waals surface area (Å²) in [6.45, 7) is 4.69. The van der Waals surface area contributed by atoms with Crippen molar-refractivity contribution >= 4 is 42.9 Å². The third-order valence-corrected chi connectivity index (χ3v) is 12.3. The van der Waals surface area contributed by atoms with Crippen LogP contribution >= 0.6 is 11.3 Å². The van der Waals surface area contributed by atoms with Crippen LogP contribution in [0.1, 0.15) is 36.1 Å². The van der Waals surface area contributed by atoms with Crippen molar-refractivity contribution in [3.8, 4) is 44.5 Å². The third kappa shape index (κ3) is 4.17. The van der Waals surface area contributed by atoms with Crippen LogP contribution in [-0.4, -0.2) is 7.05 Å². The van der Waals surface area contributed by atoms with Crippen molar-refractivity contribution in [3.63, 3.8) is 0 Å². The fraction of sp³-hybridized carbons (Fsp3) is 0.106. The number of para-hydroxylation sites is 1. The van der Waals surface area contributed by atoms with E-state index in [9.17, 15) is 0 Å². The normalized spacial score (nSPS) is 13.7. The largest absolute Gasteiger partial charge is 0.344 e. The number of benzene rings is 7. The molecule has 0 spiro atoms. The Labute approximate surface area is 291 Å². The molecule has 1 aromatic heterocycles. The molecular weight excluding hydrogens is 611 g/mol. The van der Waals surface area contributed by atoms with Gasteiger partial charge in [-0.25, -0.2) is 0 Å². The lowest BCUT2D eigenvalue weighted by Gasteiger charge is -2.24. The van der Waals surface area contributed by atoms with Gasteiger partial charge >= 0.3 is 0 Å². The van der Waals surface area contributed by atoms with E-state index in [2.05, 4.69) is 171 Å². The minimum Gasteiger partial charge on any atom is -0.344 e. The van der Waals surface area contributed by atoms with E-state index < -0.39 is 0 Å². The van der Waals surface area contributed by atoms with Gasteiger partial charge in [-0.05, 0) is 98.0 Å². The van der Waals surface area contributed by atoms with Crippen LogP contribution in [0.25, 0.3) is 64.7 Å². The van der Waals surface area contributed by atoms with Gasteiger partial charge in [-0.2, -0.15) is 0 Å². The number of nitrogens with zero attached hydrogens (tertiary/aromatic N) is 1. The Morgan fingerprint density at radius 3 is 2.08 bits per heavy atom. The van der Waals surface area contributed by atoms with Crippen LogP contribution in [0.5, 0.6) is 0 Å². The predicted octanol–water partition coefficient (Wildman–Crippen LogP) is 13.0. The third-order valence-electron chi connectivity index (χ3n) is 11.2. The molecule has 0 unspecified atom stereocenters. The van der Waals surface area contributed by atoms with E-state index >= 15 is 0 Å². The zero-order chi connectivity index (χ0) is 32.9. The van der Waals surface area contributed by atoms with Crippen molar-refractivity contribution in [1.82, 2.24) is 0 Å². The second-order valence-corrected chi connectivity index (χ2v) is 15.2. The number of thiophene rings is 1. The lowest BCUT2D eigenvalue weighted by Crippen LogP contribution is -2.14. The fourth-order valence-corrected chi connectivity index (χ4v) is 9.86. The van der Waals surface area contributed by atoms with E-state index in [1.165, 1.54) is 98.3 Å². The molecule has 8 aromatic rings. The molecule has 2 aliphatic rings. The molecule has 1 nitrogen and oxygen atoms in total. The summed E-state index contributed by atoms with van der Waals surface area (Å²) in [6.07, 6.45) is 0.989. The zero-order valence-corrected chi connectivity index (χ0v) is 28.7. The van der Waals surface area contributed by atoms with Crippen molar-refractivity contribution < 1.29 is 0 Å². The molecule has 0 saturated carbocycles. The summed E-state index contributed by atoms with van der Waals surface area (Å²) in [5.74, 6) is 0. The topological polar surface area (TPSA) is 3.24 Å². The van der Waals surface area contributed by atoms with Crippen LogP contribution in [0.2, 0.25) is 0 Å². The van der Waals surface area contributed by atoms with Gasteiger partial charge in [-0.1, -0.05) is 129 Å². The fourth-order valence-electron chi connectivity index (χ4n) is 8.69. The van der Waals surface area contributed by atoms with Crippen LogP contribution in [-0.2, 0) is 11.8 Å². The van der Waals surface area contributed by atoms with Crippen molar-refractivity contribution in [2.45, 2.75) is 25.7 Å². The molecule has 0 aliphatic heterocycles. The zero-order valence-electron chi connectivity index (χ0n) is 27.9. The standard InChI is InChI=1S/C47H35NS/c1-47(2)41-19-8-6-15-36(41)40-27-30(22-25-42(40)47)33-14-7-9-20-43(33)48(3)31-23-24-38-45(28-31)49-44-21-11-18-37(46(38)44)35-17-10-16-34-32-13-5-4-12-29(32)26-39(34)35/h4-25,27-28H,26H2,1-3H3. The average molecular weight is 646 g/mol. The van der Waals surface area contributed by atoms with Crippen molar-refractivity contribution in [2.75, 3.05) is 11.9 Å². The molecule has 10 rings (SSSR count). The molecule has 2 aliphatic carbocycles. The Balaban J connectivity index is 1.06. The van der Waals surface area contributed by atoms with Gasteiger partial charge in [-0.3, -0.25) is 0 Å². The highest BCUT2D eigenvalue weighted by molar-refractivity contribution is 7.26. The van der Waals surface area contributed by atoms with Crippen LogP contribution in [0.4, 0.5) is 11.4 Å². The summed E-state index contributed by atoms with van der Waals surface area (Å²) in [6, 6.07) is 54.4.